The summed E-state index contributed by atoms with van der Waals surface area (Å²) in [6.45, 7) is 3.90. The molecule has 0 unspecified atom stereocenters. The summed E-state index contributed by atoms with van der Waals surface area (Å²) in [6, 6.07) is 9.67. The lowest BCUT2D eigenvalue weighted by molar-refractivity contribution is -0.137. The second kappa shape index (κ2) is 8.67. The maximum atomic E-state index is 12.4. The summed E-state index contributed by atoms with van der Waals surface area (Å²) in [4.78, 5) is 27.0. The predicted octanol–water partition coefficient (Wildman–Crippen LogP) is 3.32. The number of ether oxygens (including phenoxy) is 1. The molecule has 0 fully saturated rings. The molecule has 6 heteroatoms. The van der Waals surface area contributed by atoms with Crippen molar-refractivity contribution in [2.24, 2.45) is 0 Å². The molecule has 1 amide bonds. The van der Waals surface area contributed by atoms with E-state index in [1.807, 2.05) is 29.2 Å². The van der Waals surface area contributed by atoms with E-state index in [0.29, 0.717) is 13.2 Å². The van der Waals surface area contributed by atoms with Crippen molar-refractivity contribution in [3.8, 4) is 0 Å². The van der Waals surface area contributed by atoms with E-state index < -0.39 is 0 Å². The van der Waals surface area contributed by atoms with E-state index in [-0.39, 0.29) is 18.4 Å². The molecule has 2 heterocycles. The van der Waals surface area contributed by atoms with Crippen LogP contribution in [0.1, 0.15) is 22.9 Å². The fourth-order valence-electron chi connectivity index (χ4n) is 2.82. The highest BCUT2D eigenvalue weighted by Gasteiger charge is 2.20. The number of nitrogens with one attached hydrogen (secondary N) is 1. The van der Waals surface area contributed by atoms with Crippen LogP contribution in [0.2, 0.25) is 0 Å². The number of fused-ring (bicyclic) bond motifs is 1. The van der Waals surface area contributed by atoms with Crippen LogP contribution in [-0.4, -0.2) is 36.5 Å². The van der Waals surface area contributed by atoms with E-state index in [4.69, 9.17) is 4.74 Å². The minimum atomic E-state index is -0.351. The SMILES string of the molecule is CCOC(=O)/C=C/c1ccc(NCC(=O)N2CCc3sccc3C2)cc1. The third-order valence-electron chi connectivity index (χ3n) is 4.21. The maximum absolute atomic E-state index is 12.4. The number of nitrogens with zero attached hydrogens (tertiary/aromatic N) is 1. The van der Waals surface area contributed by atoms with E-state index in [2.05, 4.69) is 16.8 Å². The Labute approximate surface area is 157 Å². The number of carbonyl (C=O) groups is 2. The normalized spacial score (nSPS) is 13.5. The van der Waals surface area contributed by atoms with Gasteiger partial charge in [-0.05, 0) is 54.1 Å². The van der Waals surface area contributed by atoms with Crippen molar-refractivity contribution < 1.29 is 14.3 Å². The number of hydrogen-bond donors (Lipinski definition) is 1. The van der Waals surface area contributed by atoms with Gasteiger partial charge in [-0.2, -0.15) is 0 Å². The minimum Gasteiger partial charge on any atom is -0.463 e. The molecule has 0 bridgehead atoms. The average Bonchev–Trinajstić information content (AvgIpc) is 3.13. The highest BCUT2D eigenvalue weighted by atomic mass is 32.1. The highest BCUT2D eigenvalue weighted by molar-refractivity contribution is 7.10. The third-order valence-corrected chi connectivity index (χ3v) is 5.24. The Morgan fingerprint density at radius 1 is 1.27 bits per heavy atom. The molecule has 3 rings (SSSR count). The molecular weight excluding hydrogens is 348 g/mol. The zero-order valence-electron chi connectivity index (χ0n) is 14.7. The first-order valence-corrected chi connectivity index (χ1v) is 9.55. The predicted molar refractivity (Wildman–Crippen MR) is 104 cm³/mol. The zero-order chi connectivity index (χ0) is 18.4. The highest BCUT2D eigenvalue weighted by Crippen LogP contribution is 2.24. The van der Waals surface area contributed by atoms with E-state index in [1.54, 1.807) is 24.3 Å². The lowest BCUT2D eigenvalue weighted by Gasteiger charge is -2.27. The lowest BCUT2D eigenvalue weighted by atomic mass is 10.1. The molecule has 1 aliphatic rings. The van der Waals surface area contributed by atoms with Crippen LogP contribution in [0.5, 0.6) is 0 Å². The second-order valence-electron chi connectivity index (χ2n) is 6.00. The van der Waals surface area contributed by atoms with Gasteiger partial charge in [-0.1, -0.05) is 12.1 Å². The number of hydrogen-bond acceptors (Lipinski definition) is 5. The Bertz CT molecular complexity index is 796. The lowest BCUT2D eigenvalue weighted by Crippen LogP contribution is -2.38. The zero-order valence-corrected chi connectivity index (χ0v) is 15.6. The van der Waals surface area contributed by atoms with Gasteiger partial charge < -0.3 is 15.0 Å². The van der Waals surface area contributed by atoms with Crippen molar-refractivity contribution in [1.29, 1.82) is 0 Å². The number of rotatable bonds is 6. The van der Waals surface area contributed by atoms with Gasteiger partial charge in [0.15, 0.2) is 0 Å². The second-order valence-corrected chi connectivity index (χ2v) is 7.00. The van der Waals surface area contributed by atoms with Crippen molar-refractivity contribution in [1.82, 2.24) is 4.90 Å². The number of esters is 1. The molecule has 0 saturated heterocycles. The summed E-state index contributed by atoms with van der Waals surface area (Å²) in [5, 5.41) is 5.26. The Morgan fingerprint density at radius 3 is 2.85 bits per heavy atom. The molecule has 0 radical (unpaired) electrons. The number of carbonyl (C=O) groups excluding carboxylic acids is 2. The van der Waals surface area contributed by atoms with Crippen molar-refractivity contribution >= 4 is 35.0 Å². The van der Waals surface area contributed by atoms with Crippen LogP contribution in [0.3, 0.4) is 0 Å². The summed E-state index contributed by atoms with van der Waals surface area (Å²) < 4.78 is 4.85. The standard InChI is InChI=1S/C20H22N2O3S/c1-2-25-20(24)8-5-15-3-6-17(7-4-15)21-13-19(23)22-11-9-18-16(14-22)10-12-26-18/h3-8,10,12,21H,2,9,11,13-14H2,1H3/b8-5+. The fourth-order valence-corrected chi connectivity index (χ4v) is 3.71. The smallest absolute Gasteiger partial charge is 0.330 e. The van der Waals surface area contributed by atoms with Gasteiger partial charge in [-0.3, -0.25) is 4.79 Å². The van der Waals surface area contributed by atoms with Crippen molar-refractivity contribution in [2.45, 2.75) is 19.9 Å². The minimum absolute atomic E-state index is 0.105. The number of amides is 1. The van der Waals surface area contributed by atoms with E-state index in [0.717, 1.165) is 24.2 Å². The maximum Gasteiger partial charge on any atom is 0.330 e. The molecular formula is C20H22N2O3S. The third kappa shape index (κ3) is 4.73. The topological polar surface area (TPSA) is 58.6 Å². The summed E-state index contributed by atoms with van der Waals surface area (Å²) in [6.07, 6.45) is 4.06. The van der Waals surface area contributed by atoms with Crippen molar-refractivity contribution in [2.75, 3.05) is 25.0 Å². The average molecular weight is 370 g/mol. The molecule has 1 aliphatic heterocycles. The van der Waals surface area contributed by atoms with E-state index in [1.165, 1.54) is 16.5 Å². The largest absolute Gasteiger partial charge is 0.463 e. The van der Waals surface area contributed by atoms with E-state index in [9.17, 15) is 9.59 Å². The van der Waals surface area contributed by atoms with Gasteiger partial charge in [0.25, 0.3) is 0 Å². The van der Waals surface area contributed by atoms with Crippen molar-refractivity contribution in [3.05, 3.63) is 57.8 Å². The molecule has 26 heavy (non-hydrogen) atoms. The molecule has 0 aliphatic carbocycles. The molecule has 1 aromatic heterocycles. The quantitative estimate of drug-likeness (QED) is 0.626. The Kier molecular flexibility index (Phi) is 6.07. The molecule has 1 N–H and O–H groups in total. The summed E-state index contributed by atoms with van der Waals surface area (Å²) in [5.74, 6) is -0.247. The molecule has 0 atom stereocenters. The first-order chi connectivity index (χ1) is 12.7. The van der Waals surface area contributed by atoms with Crippen LogP contribution in [0.25, 0.3) is 6.08 Å². The number of thiophene rings is 1. The Morgan fingerprint density at radius 2 is 2.08 bits per heavy atom. The number of benzene rings is 1. The Balaban J connectivity index is 1.49. The molecule has 0 spiro atoms. The van der Waals surface area contributed by atoms with Gasteiger partial charge in [0.05, 0.1) is 13.2 Å². The van der Waals surface area contributed by atoms with Gasteiger partial charge in [0, 0.05) is 29.7 Å². The molecule has 2 aromatic rings. The van der Waals surface area contributed by atoms with Gasteiger partial charge in [-0.25, -0.2) is 4.79 Å². The fraction of sp³-hybridized carbons (Fsp3) is 0.300. The van der Waals surface area contributed by atoms with Crippen molar-refractivity contribution in [3.63, 3.8) is 0 Å². The molecule has 1 aromatic carbocycles. The number of anilines is 1. The first-order valence-electron chi connectivity index (χ1n) is 8.67. The Hall–Kier alpha value is -2.60. The van der Waals surface area contributed by atoms with Crippen LogP contribution in [0, 0.1) is 0 Å². The van der Waals surface area contributed by atoms with Crippen LogP contribution in [0.15, 0.2) is 41.8 Å². The first kappa shape index (κ1) is 18.2. The summed E-state index contributed by atoms with van der Waals surface area (Å²) in [7, 11) is 0. The molecule has 136 valence electrons. The van der Waals surface area contributed by atoms with Gasteiger partial charge >= 0.3 is 5.97 Å². The molecule has 0 saturated carbocycles. The van der Waals surface area contributed by atoms with Gasteiger partial charge in [0.2, 0.25) is 5.91 Å². The molecule has 5 nitrogen and oxygen atoms in total. The van der Waals surface area contributed by atoms with Crippen LogP contribution in [-0.2, 0) is 27.3 Å². The van der Waals surface area contributed by atoms with Gasteiger partial charge in [0.1, 0.15) is 0 Å². The van der Waals surface area contributed by atoms with Gasteiger partial charge in [-0.15, -0.1) is 11.3 Å². The van der Waals surface area contributed by atoms with E-state index >= 15 is 0 Å². The monoisotopic (exact) mass is 370 g/mol. The summed E-state index contributed by atoms with van der Waals surface area (Å²) >= 11 is 1.77. The van der Waals surface area contributed by atoms with Crippen LogP contribution < -0.4 is 5.32 Å². The van der Waals surface area contributed by atoms with Crippen LogP contribution in [0.4, 0.5) is 5.69 Å². The summed E-state index contributed by atoms with van der Waals surface area (Å²) in [5.41, 5.74) is 3.04. The van der Waals surface area contributed by atoms with Crippen LogP contribution >= 0.6 is 11.3 Å².